The normalized spacial score (nSPS) is 21.1. The van der Waals surface area contributed by atoms with Crippen molar-refractivity contribution in [1.82, 2.24) is 15.3 Å². The molecule has 1 fully saturated rings. The molecule has 23 heavy (non-hydrogen) atoms. The molecular weight excluding hydrogens is 314 g/mol. The van der Waals surface area contributed by atoms with Crippen molar-refractivity contribution in [2.75, 3.05) is 0 Å². The second-order valence-electron chi connectivity index (χ2n) is 6.57. The standard InChI is InChI=1S/C17H22ClN3O2/c1-9(2)20-17(22)23-13-5-4-11(6-13)12-7-14-15(18)10(3)21-16(14)19-8-12/h7-9,11,13H,4-6H2,1-3H3,(H,19,21)(H,20,22)/t11-,13+/m0/s1. The summed E-state index contributed by atoms with van der Waals surface area (Å²) in [6, 6.07) is 2.19. The summed E-state index contributed by atoms with van der Waals surface area (Å²) >= 11 is 6.32. The molecule has 0 radical (unpaired) electrons. The van der Waals surface area contributed by atoms with Gasteiger partial charge in [-0.1, -0.05) is 11.6 Å². The summed E-state index contributed by atoms with van der Waals surface area (Å²) in [4.78, 5) is 19.4. The van der Waals surface area contributed by atoms with E-state index in [-0.39, 0.29) is 18.2 Å². The van der Waals surface area contributed by atoms with Gasteiger partial charge in [0.2, 0.25) is 0 Å². The van der Waals surface area contributed by atoms with Crippen LogP contribution in [0.1, 0.15) is 50.3 Å². The predicted molar refractivity (Wildman–Crippen MR) is 91.0 cm³/mol. The van der Waals surface area contributed by atoms with Gasteiger partial charge in [0.15, 0.2) is 0 Å². The number of amides is 1. The van der Waals surface area contributed by atoms with Crippen molar-refractivity contribution in [2.24, 2.45) is 0 Å². The van der Waals surface area contributed by atoms with Crippen molar-refractivity contribution in [3.05, 3.63) is 28.5 Å². The number of nitrogens with one attached hydrogen (secondary N) is 2. The number of aryl methyl sites for hydroxylation is 1. The summed E-state index contributed by atoms with van der Waals surface area (Å²) < 4.78 is 5.49. The third kappa shape index (κ3) is 3.44. The molecule has 2 aromatic rings. The number of alkyl carbamates (subject to hydrolysis) is 1. The van der Waals surface area contributed by atoms with Crippen molar-refractivity contribution < 1.29 is 9.53 Å². The lowest BCUT2D eigenvalue weighted by atomic mass is 9.99. The minimum atomic E-state index is -0.330. The van der Waals surface area contributed by atoms with Crippen LogP contribution < -0.4 is 5.32 Å². The highest BCUT2D eigenvalue weighted by molar-refractivity contribution is 6.36. The van der Waals surface area contributed by atoms with Crippen LogP contribution in [0.2, 0.25) is 5.02 Å². The van der Waals surface area contributed by atoms with E-state index in [9.17, 15) is 4.79 Å². The number of hydrogen-bond acceptors (Lipinski definition) is 3. The van der Waals surface area contributed by atoms with Gasteiger partial charge in [-0.15, -0.1) is 0 Å². The van der Waals surface area contributed by atoms with Crippen LogP contribution in [0, 0.1) is 6.92 Å². The summed E-state index contributed by atoms with van der Waals surface area (Å²) in [5, 5.41) is 4.46. The fraction of sp³-hybridized carbons (Fsp3) is 0.529. The SMILES string of the molecule is Cc1[nH]c2ncc([C@H]3CC[C@@H](OC(=O)NC(C)C)C3)cc2c1Cl. The Balaban J connectivity index is 1.69. The van der Waals surface area contributed by atoms with Gasteiger partial charge in [-0.05, 0) is 57.6 Å². The zero-order valence-electron chi connectivity index (χ0n) is 13.6. The lowest BCUT2D eigenvalue weighted by Gasteiger charge is -2.15. The van der Waals surface area contributed by atoms with Crippen LogP contribution in [-0.4, -0.2) is 28.2 Å². The van der Waals surface area contributed by atoms with Crippen molar-refractivity contribution >= 4 is 28.7 Å². The minimum absolute atomic E-state index is 0.0297. The first-order valence-electron chi connectivity index (χ1n) is 8.05. The van der Waals surface area contributed by atoms with Crippen LogP contribution in [-0.2, 0) is 4.74 Å². The summed E-state index contributed by atoms with van der Waals surface area (Å²) in [7, 11) is 0. The maximum atomic E-state index is 11.7. The molecule has 5 nitrogen and oxygen atoms in total. The quantitative estimate of drug-likeness (QED) is 0.879. The Bertz CT molecular complexity index is 726. The molecule has 0 aromatic carbocycles. The number of H-pyrrole nitrogens is 1. The molecule has 0 bridgehead atoms. The molecule has 0 aliphatic heterocycles. The van der Waals surface area contributed by atoms with E-state index in [4.69, 9.17) is 16.3 Å². The summed E-state index contributed by atoms with van der Waals surface area (Å²) in [6.07, 6.45) is 4.25. The van der Waals surface area contributed by atoms with Crippen molar-refractivity contribution in [2.45, 2.75) is 58.1 Å². The number of aromatic nitrogens is 2. The highest BCUT2D eigenvalue weighted by atomic mass is 35.5. The van der Waals surface area contributed by atoms with Gasteiger partial charge in [-0.3, -0.25) is 0 Å². The molecular formula is C17H22ClN3O2. The zero-order valence-corrected chi connectivity index (χ0v) is 14.4. The Labute approximate surface area is 140 Å². The number of ether oxygens (including phenoxy) is 1. The summed E-state index contributed by atoms with van der Waals surface area (Å²) in [5.74, 6) is 0.357. The number of carbonyl (C=O) groups excluding carboxylic acids is 1. The smallest absolute Gasteiger partial charge is 0.407 e. The number of nitrogens with zero attached hydrogens (tertiary/aromatic N) is 1. The first kappa shape index (κ1) is 16.1. The first-order chi connectivity index (χ1) is 10.9. The first-order valence-corrected chi connectivity index (χ1v) is 8.42. The van der Waals surface area contributed by atoms with Crippen molar-refractivity contribution in [1.29, 1.82) is 0 Å². The van der Waals surface area contributed by atoms with Gasteiger partial charge in [0.05, 0.1) is 5.02 Å². The molecule has 2 N–H and O–H groups in total. The molecule has 1 aliphatic rings. The van der Waals surface area contributed by atoms with E-state index >= 15 is 0 Å². The van der Waals surface area contributed by atoms with Gasteiger partial charge in [0.25, 0.3) is 0 Å². The molecule has 6 heteroatoms. The van der Waals surface area contributed by atoms with Crippen molar-refractivity contribution in [3.8, 4) is 0 Å². The zero-order chi connectivity index (χ0) is 16.6. The largest absolute Gasteiger partial charge is 0.446 e. The number of aromatic amines is 1. The number of fused-ring (bicyclic) bond motifs is 1. The fourth-order valence-electron chi connectivity index (χ4n) is 3.18. The molecule has 0 spiro atoms. The molecule has 2 aromatic heterocycles. The van der Waals surface area contributed by atoms with Crippen LogP contribution in [0.4, 0.5) is 4.79 Å². The Morgan fingerprint density at radius 1 is 1.48 bits per heavy atom. The molecule has 1 aliphatic carbocycles. The van der Waals surface area contributed by atoms with E-state index in [1.165, 1.54) is 0 Å². The summed E-state index contributed by atoms with van der Waals surface area (Å²) in [5.41, 5.74) is 2.91. The number of pyridine rings is 1. The molecule has 3 rings (SSSR count). The molecule has 0 unspecified atom stereocenters. The van der Waals surface area contributed by atoms with Gasteiger partial charge < -0.3 is 15.0 Å². The highest BCUT2D eigenvalue weighted by Gasteiger charge is 2.29. The average Bonchev–Trinajstić information content (AvgIpc) is 3.04. The molecule has 1 amide bonds. The molecule has 1 saturated carbocycles. The van der Waals surface area contributed by atoms with Crippen LogP contribution >= 0.6 is 11.6 Å². The average molecular weight is 336 g/mol. The monoisotopic (exact) mass is 335 g/mol. The van der Waals surface area contributed by atoms with E-state index in [1.807, 2.05) is 27.0 Å². The van der Waals surface area contributed by atoms with Gasteiger partial charge in [-0.2, -0.15) is 0 Å². The second-order valence-corrected chi connectivity index (χ2v) is 6.94. The lowest BCUT2D eigenvalue weighted by molar-refractivity contribution is 0.0982. The Hall–Kier alpha value is -1.75. The minimum Gasteiger partial charge on any atom is -0.446 e. The van der Waals surface area contributed by atoms with Gasteiger partial charge in [-0.25, -0.2) is 9.78 Å². The van der Waals surface area contributed by atoms with E-state index in [2.05, 4.69) is 21.4 Å². The van der Waals surface area contributed by atoms with Gasteiger partial charge in [0, 0.05) is 23.3 Å². The summed E-state index contributed by atoms with van der Waals surface area (Å²) in [6.45, 7) is 5.78. The fourth-order valence-corrected chi connectivity index (χ4v) is 3.37. The van der Waals surface area contributed by atoms with E-state index < -0.39 is 0 Å². The number of rotatable bonds is 3. The van der Waals surface area contributed by atoms with E-state index in [0.29, 0.717) is 5.92 Å². The number of carbonyl (C=O) groups is 1. The molecule has 0 saturated heterocycles. The van der Waals surface area contributed by atoms with E-state index in [1.54, 1.807) is 0 Å². The number of hydrogen-bond donors (Lipinski definition) is 2. The second kappa shape index (κ2) is 6.40. The highest BCUT2D eigenvalue weighted by Crippen LogP contribution is 2.37. The third-order valence-corrected chi connectivity index (χ3v) is 4.80. The maximum Gasteiger partial charge on any atom is 0.407 e. The molecule has 124 valence electrons. The topological polar surface area (TPSA) is 67.0 Å². The molecule has 2 heterocycles. The van der Waals surface area contributed by atoms with Crippen LogP contribution in [0.3, 0.4) is 0 Å². The van der Waals surface area contributed by atoms with Crippen LogP contribution in [0.15, 0.2) is 12.3 Å². The maximum absolute atomic E-state index is 11.7. The van der Waals surface area contributed by atoms with Crippen molar-refractivity contribution in [3.63, 3.8) is 0 Å². The van der Waals surface area contributed by atoms with Crippen LogP contribution in [0.5, 0.6) is 0 Å². The van der Waals surface area contributed by atoms with Gasteiger partial charge in [0.1, 0.15) is 11.8 Å². The Morgan fingerprint density at radius 2 is 2.26 bits per heavy atom. The molecule has 2 atom stereocenters. The Kier molecular flexibility index (Phi) is 4.48. The third-order valence-electron chi connectivity index (χ3n) is 4.32. The van der Waals surface area contributed by atoms with E-state index in [0.717, 1.165) is 46.6 Å². The number of halogens is 1. The van der Waals surface area contributed by atoms with Gasteiger partial charge >= 0.3 is 6.09 Å². The predicted octanol–water partition coefficient (Wildman–Crippen LogP) is 4.30. The Morgan fingerprint density at radius 3 is 3.00 bits per heavy atom. The van der Waals surface area contributed by atoms with Crippen LogP contribution in [0.25, 0.3) is 11.0 Å². The lowest BCUT2D eigenvalue weighted by Crippen LogP contribution is -2.33.